The Kier molecular flexibility index (Phi) is 4.71. The number of carbonyl (C=O) groups is 1. The second-order valence-electron chi connectivity index (χ2n) is 5.98. The highest BCUT2D eigenvalue weighted by molar-refractivity contribution is 5.90. The van der Waals surface area contributed by atoms with Crippen molar-refractivity contribution in [3.8, 4) is 5.69 Å². The zero-order valence-corrected chi connectivity index (χ0v) is 13.7. The van der Waals surface area contributed by atoms with Gasteiger partial charge in [0.05, 0.1) is 5.69 Å². The highest BCUT2D eigenvalue weighted by Crippen LogP contribution is 2.15. The van der Waals surface area contributed by atoms with Crippen LogP contribution in [0.2, 0.25) is 0 Å². The zero-order valence-electron chi connectivity index (χ0n) is 13.7. The summed E-state index contributed by atoms with van der Waals surface area (Å²) in [6, 6.07) is 8.38. The first kappa shape index (κ1) is 15.7. The summed E-state index contributed by atoms with van der Waals surface area (Å²) in [5.74, 6) is 0.00503. The van der Waals surface area contributed by atoms with Gasteiger partial charge in [-0.25, -0.2) is 9.67 Å². The summed E-state index contributed by atoms with van der Waals surface area (Å²) >= 11 is 0. The fourth-order valence-corrected chi connectivity index (χ4v) is 3.02. The third-order valence-electron chi connectivity index (χ3n) is 4.40. The molecule has 2 aromatic rings. The molecule has 0 radical (unpaired) electrons. The minimum Gasteiger partial charge on any atom is -0.348 e. The van der Waals surface area contributed by atoms with Gasteiger partial charge in [0.25, 0.3) is 5.91 Å². The van der Waals surface area contributed by atoms with Crippen molar-refractivity contribution in [2.24, 2.45) is 0 Å². The molecule has 1 N–H and O–H groups in total. The minimum absolute atomic E-state index is 0.209. The predicted octanol–water partition coefficient (Wildman–Crippen LogP) is 1.79. The first-order valence-electron chi connectivity index (χ1n) is 8.18. The molecule has 1 amide bonds. The quantitative estimate of drug-likeness (QED) is 0.914. The Bertz CT molecular complexity index is 664. The van der Waals surface area contributed by atoms with Crippen LogP contribution in [0, 0.1) is 6.92 Å². The summed E-state index contributed by atoms with van der Waals surface area (Å²) < 4.78 is 1.63. The largest absolute Gasteiger partial charge is 0.348 e. The molecule has 3 rings (SSSR count). The molecule has 0 spiro atoms. The fourth-order valence-electron chi connectivity index (χ4n) is 3.02. The second kappa shape index (κ2) is 6.91. The second-order valence-corrected chi connectivity index (χ2v) is 5.98. The molecule has 122 valence electrons. The van der Waals surface area contributed by atoms with E-state index >= 15 is 0 Å². The molecule has 2 heterocycles. The molecule has 0 aliphatic carbocycles. The van der Waals surface area contributed by atoms with Gasteiger partial charge in [0.1, 0.15) is 6.33 Å². The van der Waals surface area contributed by atoms with Crippen LogP contribution in [0.15, 0.2) is 30.6 Å². The van der Waals surface area contributed by atoms with Crippen LogP contribution in [0.3, 0.4) is 0 Å². The molecule has 0 saturated carbocycles. The lowest BCUT2D eigenvalue weighted by Crippen LogP contribution is -2.40. The number of hydrogen-bond acceptors (Lipinski definition) is 4. The van der Waals surface area contributed by atoms with Gasteiger partial charge in [-0.3, -0.25) is 9.69 Å². The maximum Gasteiger partial charge on any atom is 0.291 e. The van der Waals surface area contributed by atoms with Gasteiger partial charge in [-0.15, -0.1) is 5.10 Å². The number of likely N-dealkylation sites (tertiary alicyclic amines) is 1. The van der Waals surface area contributed by atoms with E-state index in [-0.39, 0.29) is 11.7 Å². The van der Waals surface area contributed by atoms with Crippen molar-refractivity contribution in [2.45, 2.75) is 32.7 Å². The molecular weight excluding hydrogens is 290 g/mol. The number of rotatable bonds is 5. The van der Waals surface area contributed by atoms with Gasteiger partial charge in [-0.1, -0.05) is 24.6 Å². The van der Waals surface area contributed by atoms with E-state index in [0.717, 1.165) is 25.2 Å². The van der Waals surface area contributed by atoms with Crippen LogP contribution in [0.4, 0.5) is 0 Å². The van der Waals surface area contributed by atoms with Crippen LogP contribution in [0.1, 0.15) is 35.9 Å². The Morgan fingerprint density at radius 1 is 1.35 bits per heavy atom. The first-order chi connectivity index (χ1) is 11.2. The number of nitrogens with zero attached hydrogens (tertiary/aromatic N) is 4. The molecule has 1 atom stereocenters. The van der Waals surface area contributed by atoms with Gasteiger partial charge >= 0.3 is 0 Å². The van der Waals surface area contributed by atoms with Crippen LogP contribution in [0.25, 0.3) is 5.69 Å². The average Bonchev–Trinajstić information content (AvgIpc) is 3.22. The van der Waals surface area contributed by atoms with Gasteiger partial charge in [0.15, 0.2) is 0 Å². The SMILES string of the molecule is CCN1CCC[C@@H]1CNC(=O)c1ncn(-c2ccc(C)cc2)n1. The van der Waals surface area contributed by atoms with Gasteiger partial charge in [-0.05, 0) is 45.0 Å². The number of likely N-dealkylation sites (N-methyl/N-ethyl adjacent to an activating group) is 1. The van der Waals surface area contributed by atoms with Crippen molar-refractivity contribution in [3.63, 3.8) is 0 Å². The standard InChI is InChI=1S/C17H23N5O/c1-3-21-10-4-5-15(21)11-18-17(23)16-19-12-22(20-16)14-8-6-13(2)7-9-14/h6-9,12,15H,3-5,10-11H2,1-2H3,(H,18,23)/t15-/m1/s1. The van der Waals surface area contributed by atoms with Crippen molar-refractivity contribution >= 4 is 5.91 Å². The summed E-state index contributed by atoms with van der Waals surface area (Å²) in [7, 11) is 0. The molecule has 1 aromatic carbocycles. The number of carbonyl (C=O) groups excluding carboxylic acids is 1. The average molecular weight is 313 g/mol. The predicted molar refractivity (Wildman–Crippen MR) is 88.7 cm³/mol. The number of hydrogen-bond donors (Lipinski definition) is 1. The van der Waals surface area contributed by atoms with E-state index in [1.807, 2.05) is 31.2 Å². The number of amides is 1. The Hall–Kier alpha value is -2.21. The summed E-state index contributed by atoms with van der Waals surface area (Å²) in [6.07, 6.45) is 3.92. The van der Waals surface area contributed by atoms with E-state index in [9.17, 15) is 4.79 Å². The minimum atomic E-state index is -0.209. The lowest BCUT2D eigenvalue weighted by Gasteiger charge is -2.22. The highest BCUT2D eigenvalue weighted by Gasteiger charge is 2.24. The van der Waals surface area contributed by atoms with Gasteiger partial charge in [-0.2, -0.15) is 0 Å². The number of aryl methyl sites for hydroxylation is 1. The Labute approximate surface area is 136 Å². The molecule has 1 aliphatic heterocycles. The molecular formula is C17H23N5O. The molecule has 6 nitrogen and oxygen atoms in total. The van der Waals surface area contributed by atoms with E-state index in [4.69, 9.17) is 0 Å². The van der Waals surface area contributed by atoms with E-state index in [0.29, 0.717) is 12.6 Å². The molecule has 6 heteroatoms. The first-order valence-corrected chi connectivity index (χ1v) is 8.18. The lowest BCUT2D eigenvalue weighted by atomic mass is 10.2. The van der Waals surface area contributed by atoms with Crippen molar-refractivity contribution in [3.05, 3.63) is 42.0 Å². The third-order valence-corrected chi connectivity index (χ3v) is 4.40. The van der Waals surface area contributed by atoms with Gasteiger partial charge in [0.2, 0.25) is 5.82 Å². The lowest BCUT2D eigenvalue weighted by molar-refractivity contribution is 0.0931. The normalized spacial score (nSPS) is 18.3. The van der Waals surface area contributed by atoms with Crippen LogP contribution in [-0.2, 0) is 0 Å². The summed E-state index contributed by atoms with van der Waals surface area (Å²) in [4.78, 5) is 18.8. The van der Waals surface area contributed by atoms with Crippen molar-refractivity contribution in [2.75, 3.05) is 19.6 Å². The molecule has 0 bridgehead atoms. The molecule has 23 heavy (non-hydrogen) atoms. The molecule has 1 aliphatic rings. The summed E-state index contributed by atoms with van der Waals surface area (Å²) in [6.45, 7) is 7.00. The maximum absolute atomic E-state index is 12.2. The van der Waals surface area contributed by atoms with E-state index in [2.05, 4.69) is 27.2 Å². The Balaban J connectivity index is 1.61. The van der Waals surface area contributed by atoms with E-state index < -0.39 is 0 Å². The molecule has 1 saturated heterocycles. The van der Waals surface area contributed by atoms with Gasteiger partial charge < -0.3 is 5.32 Å². The van der Waals surface area contributed by atoms with Crippen LogP contribution < -0.4 is 5.32 Å². The highest BCUT2D eigenvalue weighted by atomic mass is 16.2. The van der Waals surface area contributed by atoms with Crippen LogP contribution in [0.5, 0.6) is 0 Å². The monoisotopic (exact) mass is 313 g/mol. The zero-order chi connectivity index (χ0) is 16.2. The smallest absolute Gasteiger partial charge is 0.291 e. The maximum atomic E-state index is 12.2. The van der Waals surface area contributed by atoms with Crippen LogP contribution >= 0.6 is 0 Å². The number of nitrogens with one attached hydrogen (secondary N) is 1. The number of aromatic nitrogens is 3. The number of benzene rings is 1. The van der Waals surface area contributed by atoms with Crippen LogP contribution in [-0.4, -0.2) is 51.2 Å². The van der Waals surface area contributed by atoms with Crippen molar-refractivity contribution < 1.29 is 4.79 Å². The third kappa shape index (κ3) is 3.59. The van der Waals surface area contributed by atoms with E-state index in [1.165, 1.54) is 12.0 Å². The topological polar surface area (TPSA) is 63.1 Å². The Morgan fingerprint density at radius 2 is 2.13 bits per heavy atom. The Morgan fingerprint density at radius 3 is 2.87 bits per heavy atom. The van der Waals surface area contributed by atoms with Crippen molar-refractivity contribution in [1.29, 1.82) is 0 Å². The van der Waals surface area contributed by atoms with Crippen molar-refractivity contribution in [1.82, 2.24) is 25.0 Å². The fraction of sp³-hybridized carbons (Fsp3) is 0.471. The van der Waals surface area contributed by atoms with Gasteiger partial charge in [0, 0.05) is 12.6 Å². The summed E-state index contributed by atoms with van der Waals surface area (Å²) in [5.41, 5.74) is 2.08. The summed E-state index contributed by atoms with van der Waals surface area (Å²) in [5, 5.41) is 7.23. The molecule has 1 fully saturated rings. The molecule has 0 unspecified atom stereocenters. The molecule has 1 aromatic heterocycles. The van der Waals surface area contributed by atoms with E-state index in [1.54, 1.807) is 11.0 Å².